The van der Waals surface area contributed by atoms with Gasteiger partial charge in [0, 0.05) is 12.6 Å². The van der Waals surface area contributed by atoms with E-state index < -0.39 is 0 Å². The SMILES string of the molecule is CC1OC1NC1CCN(Cc2ccc(Oc3nc4ccccc4s3)cc2)CC1. The summed E-state index contributed by atoms with van der Waals surface area (Å²) in [6.45, 7) is 5.37. The van der Waals surface area contributed by atoms with Crippen LogP contribution in [0.25, 0.3) is 10.2 Å². The molecule has 28 heavy (non-hydrogen) atoms. The summed E-state index contributed by atoms with van der Waals surface area (Å²) in [5.74, 6) is 0.837. The second kappa shape index (κ2) is 7.79. The number of epoxide rings is 1. The van der Waals surface area contributed by atoms with E-state index in [1.54, 1.807) is 11.3 Å². The molecule has 0 radical (unpaired) electrons. The molecule has 146 valence electrons. The van der Waals surface area contributed by atoms with Crippen LogP contribution in [0.2, 0.25) is 0 Å². The average molecular weight is 396 g/mol. The zero-order valence-corrected chi connectivity index (χ0v) is 16.8. The molecule has 2 unspecified atom stereocenters. The smallest absolute Gasteiger partial charge is 0.279 e. The molecule has 3 aromatic rings. The van der Waals surface area contributed by atoms with Gasteiger partial charge >= 0.3 is 0 Å². The van der Waals surface area contributed by atoms with Crippen LogP contribution in [0.15, 0.2) is 48.5 Å². The predicted molar refractivity (Wildman–Crippen MR) is 112 cm³/mol. The first kappa shape index (κ1) is 18.1. The lowest BCUT2D eigenvalue weighted by molar-refractivity contribution is 0.181. The first-order valence-electron chi connectivity index (χ1n) is 9.99. The number of rotatable bonds is 6. The summed E-state index contributed by atoms with van der Waals surface area (Å²) in [6, 6.07) is 17.1. The molecule has 0 spiro atoms. The number of fused-ring (bicyclic) bond motifs is 1. The minimum atomic E-state index is 0.291. The Bertz CT molecular complexity index is 901. The van der Waals surface area contributed by atoms with E-state index in [1.807, 2.05) is 30.3 Å². The van der Waals surface area contributed by atoms with E-state index in [0.717, 1.165) is 35.6 Å². The number of hydrogen-bond donors (Lipinski definition) is 1. The molecule has 5 nitrogen and oxygen atoms in total. The van der Waals surface area contributed by atoms with E-state index in [2.05, 4.69) is 40.3 Å². The van der Waals surface area contributed by atoms with E-state index in [4.69, 9.17) is 9.47 Å². The first-order valence-corrected chi connectivity index (χ1v) is 10.8. The van der Waals surface area contributed by atoms with Gasteiger partial charge in [0.2, 0.25) is 0 Å². The maximum Gasteiger partial charge on any atom is 0.279 e. The second-order valence-corrected chi connectivity index (χ2v) is 8.67. The molecule has 6 heteroatoms. The van der Waals surface area contributed by atoms with Crippen molar-refractivity contribution in [3.8, 4) is 10.9 Å². The van der Waals surface area contributed by atoms with E-state index >= 15 is 0 Å². The molecule has 2 fully saturated rings. The van der Waals surface area contributed by atoms with Gasteiger partial charge in [-0.05, 0) is 62.7 Å². The normalized spacial score (nSPS) is 23.2. The van der Waals surface area contributed by atoms with Gasteiger partial charge in [-0.25, -0.2) is 4.98 Å². The minimum absolute atomic E-state index is 0.291. The first-order chi connectivity index (χ1) is 13.7. The lowest BCUT2D eigenvalue weighted by Gasteiger charge is -2.32. The topological polar surface area (TPSA) is 49.9 Å². The second-order valence-electron chi connectivity index (χ2n) is 7.67. The largest absolute Gasteiger partial charge is 0.431 e. The van der Waals surface area contributed by atoms with Crippen LogP contribution in [0.4, 0.5) is 0 Å². The zero-order valence-electron chi connectivity index (χ0n) is 16.0. The number of thiazole rings is 1. The Balaban J connectivity index is 1.13. The van der Waals surface area contributed by atoms with Gasteiger partial charge in [0.05, 0.1) is 16.3 Å². The highest BCUT2D eigenvalue weighted by Gasteiger charge is 2.36. The van der Waals surface area contributed by atoms with Crippen LogP contribution in [-0.2, 0) is 11.3 Å². The Kier molecular flexibility index (Phi) is 5.03. The lowest BCUT2D eigenvalue weighted by Crippen LogP contribution is -2.43. The summed E-state index contributed by atoms with van der Waals surface area (Å²) in [4.78, 5) is 7.06. The molecule has 1 N–H and O–H groups in total. The van der Waals surface area contributed by atoms with Gasteiger partial charge in [0.1, 0.15) is 12.0 Å². The molecule has 2 saturated heterocycles. The van der Waals surface area contributed by atoms with Crippen LogP contribution in [-0.4, -0.2) is 41.3 Å². The Morgan fingerprint density at radius 2 is 1.89 bits per heavy atom. The molecule has 2 aromatic carbocycles. The van der Waals surface area contributed by atoms with Crippen molar-refractivity contribution in [3.63, 3.8) is 0 Å². The van der Waals surface area contributed by atoms with Gasteiger partial charge in [-0.3, -0.25) is 10.2 Å². The fraction of sp³-hybridized carbons (Fsp3) is 0.409. The molecule has 0 saturated carbocycles. The Morgan fingerprint density at radius 3 is 2.61 bits per heavy atom. The van der Waals surface area contributed by atoms with Gasteiger partial charge in [0.25, 0.3) is 5.19 Å². The van der Waals surface area contributed by atoms with Crippen molar-refractivity contribution in [2.24, 2.45) is 0 Å². The van der Waals surface area contributed by atoms with Crippen molar-refractivity contribution in [3.05, 3.63) is 54.1 Å². The van der Waals surface area contributed by atoms with Crippen LogP contribution in [0, 0.1) is 0 Å². The third-order valence-electron chi connectivity index (χ3n) is 5.51. The van der Waals surface area contributed by atoms with Crippen molar-refractivity contribution in [2.75, 3.05) is 13.1 Å². The number of nitrogens with zero attached hydrogens (tertiary/aromatic N) is 2. The molecule has 2 aliphatic heterocycles. The van der Waals surface area contributed by atoms with Gasteiger partial charge in [-0.1, -0.05) is 35.6 Å². The Hall–Kier alpha value is -1.99. The van der Waals surface area contributed by atoms with Crippen molar-refractivity contribution in [1.29, 1.82) is 0 Å². The zero-order chi connectivity index (χ0) is 18.9. The maximum absolute atomic E-state index is 5.95. The minimum Gasteiger partial charge on any atom is -0.431 e. The summed E-state index contributed by atoms with van der Waals surface area (Å²) >= 11 is 1.58. The van der Waals surface area contributed by atoms with Crippen molar-refractivity contribution in [2.45, 2.75) is 44.7 Å². The molecule has 3 heterocycles. The molecular weight excluding hydrogens is 370 g/mol. The van der Waals surface area contributed by atoms with E-state index in [9.17, 15) is 0 Å². The summed E-state index contributed by atoms with van der Waals surface area (Å²) in [7, 11) is 0. The summed E-state index contributed by atoms with van der Waals surface area (Å²) in [6.07, 6.45) is 3.05. The standard InChI is InChI=1S/C22H25N3O2S/c1-15-21(26-15)23-17-10-12-25(13-11-17)14-16-6-8-18(9-7-16)27-22-24-19-4-2-3-5-20(19)28-22/h2-9,15,17,21,23H,10-14H2,1H3. The molecule has 0 bridgehead atoms. The number of aromatic nitrogens is 1. The Morgan fingerprint density at radius 1 is 1.14 bits per heavy atom. The number of para-hydroxylation sites is 1. The molecule has 0 aliphatic carbocycles. The highest BCUT2D eigenvalue weighted by molar-refractivity contribution is 7.20. The fourth-order valence-corrected chi connectivity index (χ4v) is 4.60. The number of nitrogens with one attached hydrogen (secondary N) is 1. The average Bonchev–Trinajstić information content (AvgIpc) is 3.24. The summed E-state index contributed by atoms with van der Waals surface area (Å²) < 4.78 is 12.6. The van der Waals surface area contributed by atoms with E-state index in [-0.39, 0.29) is 0 Å². The van der Waals surface area contributed by atoms with Crippen molar-refractivity contribution >= 4 is 21.6 Å². The van der Waals surface area contributed by atoms with Crippen LogP contribution >= 0.6 is 11.3 Å². The van der Waals surface area contributed by atoms with E-state index in [1.165, 1.54) is 18.4 Å². The highest BCUT2D eigenvalue weighted by atomic mass is 32.1. The number of likely N-dealkylation sites (tertiary alicyclic amines) is 1. The Labute approximate surface area is 169 Å². The summed E-state index contributed by atoms with van der Waals surface area (Å²) in [5, 5.41) is 4.29. The number of ether oxygens (including phenoxy) is 2. The highest BCUT2D eigenvalue weighted by Crippen LogP contribution is 2.31. The number of benzene rings is 2. The lowest BCUT2D eigenvalue weighted by atomic mass is 10.0. The van der Waals surface area contributed by atoms with Crippen molar-refractivity contribution < 1.29 is 9.47 Å². The van der Waals surface area contributed by atoms with Crippen LogP contribution in [0.5, 0.6) is 10.9 Å². The van der Waals surface area contributed by atoms with Crippen LogP contribution in [0.3, 0.4) is 0 Å². The van der Waals surface area contributed by atoms with E-state index in [0.29, 0.717) is 23.6 Å². The third-order valence-corrected chi connectivity index (χ3v) is 6.42. The molecule has 2 atom stereocenters. The molecule has 5 rings (SSSR count). The number of piperidine rings is 1. The number of hydrogen-bond acceptors (Lipinski definition) is 6. The summed E-state index contributed by atoms with van der Waals surface area (Å²) in [5.41, 5.74) is 2.31. The third kappa shape index (κ3) is 4.20. The van der Waals surface area contributed by atoms with Gasteiger partial charge < -0.3 is 9.47 Å². The van der Waals surface area contributed by atoms with Gasteiger partial charge in [-0.2, -0.15) is 0 Å². The van der Waals surface area contributed by atoms with Gasteiger partial charge in [-0.15, -0.1) is 0 Å². The molecule has 2 aliphatic rings. The molecule has 1 aromatic heterocycles. The monoisotopic (exact) mass is 395 g/mol. The molecular formula is C22H25N3O2S. The maximum atomic E-state index is 5.95. The predicted octanol–water partition coefficient (Wildman–Crippen LogP) is 4.39. The van der Waals surface area contributed by atoms with Crippen LogP contribution in [0.1, 0.15) is 25.3 Å². The quantitative estimate of drug-likeness (QED) is 0.628. The molecule has 0 amide bonds. The van der Waals surface area contributed by atoms with Gasteiger partial charge in [0.15, 0.2) is 0 Å². The van der Waals surface area contributed by atoms with Crippen molar-refractivity contribution in [1.82, 2.24) is 15.2 Å². The van der Waals surface area contributed by atoms with Crippen LogP contribution < -0.4 is 10.1 Å². The fourth-order valence-electron chi connectivity index (χ4n) is 3.77.